The summed E-state index contributed by atoms with van der Waals surface area (Å²) in [5, 5.41) is 9.13. The van der Waals surface area contributed by atoms with Crippen molar-refractivity contribution < 1.29 is 4.42 Å². The topological polar surface area (TPSA) is 63.0 Å². The van der Waals surface area contributed by atoms with Crippen LogP contribution in [0.25, 0.3) is 33.5 Å². The van der Waals surface area contributed by atoms with E-state index in [0.717, 1.165) is 53.2 Å². The number of nitrogens with one attached hydrogen (secondary N) is 2. The highest BCUT2D eigenvalue weighted by molar-refractivity contribution is 5.91. The van der Waals surface area contributed by atoms with Crippen LogP contribution in [-0.4, -0.2) is 29.1 Å². The summed E-state index contributed by atoms with van der Waals surface area (Å²) in [5.41, 5.74) is 1.77. The standard InChI is InChI=1S/C22H22N4O.2ClH/c1-4-9-19-15(6-1)14-20(27-19)22-25-18-8-3-2-7-17(18)21(26-22)24-13-5-12-23-16-10-11-16;;/h1-4,6-9,14,16,23H,5,10-13H2,(H,24,25,26);2*1H. The molecule has 152 valence electrons. The predicted octanol–water partition coefficient (Wildman–Crippen LogP) is 5.44. The Morgan fingerprint density at radius 2 is 1.72 bits per heavy atom. The van der Waals surface area contributed by atoms with Crippen LogP contribution in [0, 0.1) is 0 Å². The number of nitrogens with zero attached hydrogens (tertiary/aromatic N) is 2. The third kappa shape index (κ3) is 4.81. The Bertz CT molecular complexity index is 1060. The van der Waals surface area contributed by atoms with Gasteiger partial charge in [-0.1, -0.05) is 30.3 Å². The molecule has 0 atom stereocenters. The minimum Gasteiger partial charge on any atom is -0.453 e. The molecule has 0 spiro atoms. The van der Waals surface area contributed by atoms with Gasteiger partial charge in [0.05, 0.1) is 5.52 Å². The number of halogens is 2. The van der Waals surface area contributed by atoms with E-state index in [4.69, 9.17) is 14.4 Å². The quantitative estimate of drug-likeness (QED) is 0.382. The van der Waals surface area contributed by atoms with Crippen molar-refractivity contribution in [2.45, 2.75) is 25.3 Å². The van der Waals surface area contributed by atoms with Crippen LogP contribution in [0.5, 0.6) is 0 Å². The fourth-order valence-electron chi connectivity index (χ4n) is 3.30. The smallest absolute Gasteiger partial charge is 0.198 e. The van der Waals surface area contributed by atoms with Gasteiger partial charge in [-0.05, 0) is 50.1 Å². The minimum atomic E-state index is 0. The molecule has 29 heavy (non-hydrogen) atoms. The van der Waals surface area contributed by atoms with Crippen LogP contribution in [0.4, 0.5) is 5.82 Å². The Labute approximate surface area is 182 Å². The highest BCUT2D eigenvalue weighted by Crippen LogP contribution is 2.29. The molecule has 1 saturated carbocycles. The average molecular weight is 431 g/mol. The molecule has 2 aromatic heterocycles. The van der Waals surface area contributed by atoms with Crippen LogP contribution in [-0.2, 0) is 0 Å². The molecule has 5 nitrogen and oxygen atoms in total. The van der Waals surface area contributed by atoms with Crippen LogP contribution in [0.2, 0.25) is 0 Å². The second kappa shape index (κ2) is 9.44. The van der Waals surface area contributed by atoms with Gasteiger partial charge in [0.25, 0.3) is 0 Å². The Morgan fingerprint density at radius 3 is 2.55 bits per heavy atom. The highest BCUT2D eigenvalue weighted by Gasteiger charge is 2.19. The van der Waals surface area contributed by atoms with Crippen molar-refractivity contribution in [3.63, 3.8) is 0 Å². The van der Waals surface area contributed by atoms with Crippen molar-refractivity contribution >= 4 is 52.5 Å². The Morgan fingerprint density at radius 1 is 0.931 bits per heavy atom. The lowest BCUT2D eigenvalue weighted by Crippen LogP contribution is -2.20. The van der Waals surface area contributed by atoms with Crippen LogP contribution < -0.4 is 10.6 Å². The normalized spacial score (nSPS) is 13.1. The molecular weight excluding hydrogens is 407 g/mol. The van der Waals surface area contributed by atoms with Crippen molar-refractivity contribution in [3.8, 4) is 11.6 Å². The SMILES string of the molecule is Cl.Cl.c1ccc2oc(-c3nc(NCCCNC4CC4)c4ccccc4n3)cc2c1. The van der Waals surface area contributed by atoms with E-state index in [1.165, 1.54) is 12.8 Å². The van der Waals surface area contributed by atoms with Gasteiger partial charge < -0.3 is 15.1 Å². The molecule has 5 rings (SSSR count). The van der Waals surface area contributed by atoms with Gasteiger partial charge in [-0.2, -0.15) is 0 Å². The number of furan rings is 1. The number of benzene rings is 2. The van der Waals surface area contributed by atoms with Gasteiger partial charge in [0.1, 0.15) is 11.4 Å². The lowest BCUT2D eigenvalue weighted by atomic mass is 10.2. The molecule has 1 aliphatic rings. The second-order valence-corrected chi connectivity index (χ2v) is 7.07. The van der Waals surface area contributed by atoms with E-state index in [1.807, 2.05) is 48.5 Å². The van der Waals surface area contributed by atoms with Crippen LogP contribution in [0.15, 0.2) is 59.0 Å². The van der Waals surface area contributed by atoms with Gasteiger partial charge in [-0.25, -0.2) is 9.97 Å². The third-order valence-electron chi connectivity index (χ3n) is 4.91. The first kappa shape index (κ1) is 21.4. The van der Waals surface area contributed by atoms with Gasteiger partial charge >= 0.3 is 0 Å². The molecular formula is C22H24Cl2N4O. The first-order valence-corrected chi connectivity index (χ1v) is 9.60. The van der Waals surface area contributed by atoms with E-state index >= 15 is 0 Å². The summed E-state index contributed by atoms with van der Waals surface area (Å²) in [6, 6.07) is 18.8. The first-order chi connectivity index (χ1) is 13.4. The van der Waals surface area contributed by atoms with Crippen molar-refractivity contribution in [2.75, 3.05) is 18.4 Å². The molecule has 0 saturated heterocycles. The van der Waals surface area contributed by atoms with E-state index in [1.54, 1.807) is 0 Å². The molecule has 1 fully saturated rings. The van der Waals surface area contributed by atoms with E-state index in [0.29, 0.717) is 11.6 Å². The maximum absolute atomic E-state index is 5.97. The fourth-order valence-corrected chi connectivity index (χ4v) is 3.30. The van der Waals surface area contributed by atoms with Gasteiger partial charge in [-0.3, -0.25) is 0 Å². The number of hydrogen-bond donors (Lipinski definition) is 2. The monoisotopic (exact) mass is 430 g/mol. The Balaban J connectivity index is 0.00000120. The molecule has 0 bridgehead atoms. The van der Waals surface area contributed by atoms with Crippen molar-refractivity contribution in [1.82, 2.24) is 15.3 Å². The van der Waals surface area contributed by atoms with E-state index < -0.39 is 0 Å². The first-order valence-electron chi connectivity index (χ1n) is 9.60. The molecule has 2 heterocycles. The van der Waals surface area contributed by atoms with Gasteiger partial charge in [0.2, 0.25) is 0 Å². The average Bonchev–Trinajstić information content (AvgIpc) is 3.43. The fraction of sp³-hybridized carbons (Fsp3) is 0.273. The summed E-state index contributed by atoms with van der Waals surface area (Å²) in [6.07, 6.45) is 3.71. The lowest BCUT2D eigenvalue weighted by Gasteiger charge is -2.10. The molecule has 0 amide bonds. The third-order valence-corrected chi connectivity index (χ3v) is 4.91. The van der Waals surface area contributed by atoms with Gasteiger partial charge in [-0.15, -0.1) is 24.8 Å². The Kier molecular flexibility index (Phi) is 6.96. The highest BCUT2D eigenvalue weighted by atomic mass is 35.5. The van der Waals surface area contributed by atoms with Crippen LogP contribution >= 0.6 is 24.8 Å². The summed E-state index contributed by atoms with van der Waals surface area (Å²) in [5.74, 6) is 2.17. The minimum absolute atomic E-state index is 0. The van der Waals surface area contributed by atoms with Gasteiger partial charge in [0.15, 0.2) is 11.6 Å². The van der Waals surface area contributed by atoms with Crippen molar-refractivity contribution in [1.29, 1.82) is 0 Å². The lowest BCUT2D eigenvalue weighted by molar-refractivity contribution is 0.625. The number of hydrogen-bond acceptors (Lipinski definition) is 5. The van der Waals surface area contributed by atoms with Crippen LogP contribution in [0.1, 0.15) is 19.3 Å². The molecule has 7 heteroatoms. The number of aromatic nitrogens is 2. The van der Waals surface area contributed by atoms with E-state index in [2.05, 4.69) is 16.7 Å². The number of rotatable bonds is 7. The molecule has 4 aromatic rings. The zero-order valence-corrected chi connectivity index (χ0v) is 17.6. The summed E-state index contributed by atoms with van der Waals surface area (Å²) in [6.45, 7) is 1.91. The van der Waals surface area contributed by atoms with E-state index in [-0.39, 0.29) is 24.8 Å². The zero-order valence-electron chi connectivity index (χ0n) is 15.9. The summed E-state index contributed by atoms with van der Waals surface area (Å²) < 4.78 is 5.97. The predicted molar refractivity (Wildman–Crippen MR) is 123 cm³/mol. The van der Waals surface area contributed by atoms with Crippen molar-refractivity contribution in [3.05, 3.63) is 54.6 Å². The van der Waals surface area contributed by atoms with Crippen molar-refractivity contribution in [2.24, 2.45) is 0 Å². The zero-order chi connectivity index (χ0) is 18.1. The summed E-state index contributed by atoms with van der Waals surface area (Å²) in [7, 11) is 0. The van der Waals surface area contributed by atoms with E-state index in [9.17, 15) is 0 Å². The maximum atomic E-state index is 5.97. The number of fused-ring (bicyclic) bond motifs is 2. The number of para-hydroxylation sites is 2. The molecule has 2 aromatic carbocycles. The summed E-state index contributed by atoms with van der Waals surface area (Å²) in [4.78, 5) is 9.50. The molecule has 2 N–H and O–H groups in total. The molecule has 1 aliphatic carbocycles. The molecule has 0 aliphatic heterocycles. The summed E-state index contributed by atoms with van der Waals surface area (Å²) >= 11 is 0. The molecule has 0 radical (unpaired) electrons. The number of anilines is 1. The second-order valence-electron chi connectivity index (χ2n) is 7.07. The largest absolute Gasteiger partial charge is 0.453 e. The Hall–Kier alpha value is -2.34. The van der Waals surface area contributed by atoms with Crippen LogP contribution in [0.3, 0.4) is 0 Å². The van der Waals surface area contributed by atoms with Gasteiger partial charge in [0, 0.05) is 23.4 Å². The molecule has 0 unspecified atom stereocenters. The maximum Gasteiger partial charge on any atom is 0.198 e.